The molecule has 0 saturated carbocycles. The molecule has 2 rings (SSSR count). The van der Waals surface area contributed by atoms with Crippen LogP contribution >= 0.6 is 11.3 Å². The smallest absolute Gasteiger partial charge is 0.140 e. The van der Waals surface area contributed by atoms with E-state index in [0.717, 1.165) is 29.5 Å². The highest BCUT2D eigenvalue weighted by molar-refractivity contribution is 7.09. The van der Waals surface area contributed by atoms with Crippen LogP contribution in [-0.4, -0.2) is 25.2 Å². The summed E-state index contributed by atoms with van der Waals surface area (Å²) in [6.45, 7) is 9.13. The van der Waals surface area contributed by atoms with E-state index >= 15 is 0 Å². The molecular weight excluding hydrogens is 296 g/mol. The molecule has 0 aliphatic rings. The first-order chi connectivity index (χ1) is 10.6. The number of nitrogens with one attached hydrogen (secondary N) is 1. The third-order valence-electron chi connectivity index (χ3n) is 3.50. The van der Waals surface area contributed by atoms with E-state index in [0.29, 0.717) is 13.2 Å². The minimum atomic E-state index is 0.520. The Morgan fingerprint density at radius 3 is 2.82 bits per heavy atom. The van der Waals surface area contributed by atoms with Gasteiger partial charge in [0.2, 0.25) is 0 Å². The summed E-state index contributed by atoms with van der Waals surface area (Å²) in [6.07, 6.45) is 0. The molecule has 2 aromatic rings. The van der Waals surface area contributed by atoms with Crippen molar-refractivity contribution in [1.29, 1.82) is 0 Å². The first kappa shape index (κ1) is 16.9. The molecule has 1 heterocycles. The molecule has 1 N–H and O–H groups in total. The van der Waals surface area contributed by atoms with E-state index in [2.05, 4.69) is 48.6 Å². The number of benzene rings is 1. The van der Waals surface area contributed by atoms with Gasteiger partial charge in [-0.2, -0.15) is 0 Å². The number of aryl methyl sites for hydroxylation is 2. The van der Waals surface area contributed by atoms with E-state index in [1.165, 1.54) is 16.7 Å². The molecule has 1 aromatic heterocycles. The predicted molar refractivity (Wildman–Crippen MR) is 90.7 cm³/mol. The van der Waals surface area contributed by atoms with Crippen molar-refractivity contribution in [2.24, 2.45) is 0 Å². The number of nitrogens with zero attached hydrogens (tertiary/aromatic N) is 1. The Kier molecular flexibility index (Phi) is 6.36. The topological polar surface area (TPSA) is 43.4 Å². The third kappa shape index (κ3) is 4.80. The summed E-state index contributed by atoms with van der Waals surface area (Å²) in [6, 6.07) is 4.26. The van der Waals surface area contributed by atoms with Gasteiger partial charge >= 0.3 is 0 Å². The molecule has 0 aliphatic carbocycles. The normalized spacial score (nSPS) is 10.9. The minimum Gasteiger partial charge on any atom is -0.486 e. The van der Waals surface area contributed by atoms with Crippen LogP contribution in [0.15, 0.2) is 17.5 Å². The highest BCUT2D eigenvalue weighted by Crippen LogP contribution is 2.24. The maximum Gasteiger partial charge on any atom is 0.140 e. The van der Waals surface area contributed by atoms with E-state index in [4.69, 9.17) is 9.47 Å². The number of hydrogen-bond acceptors (Lipinski definition) is 5. The van der Waals surface area contributed by atoms with Crippen molar-refractivity contribution >= 4 is 11.3 Å². The van der Waals surface area contributed by atoms with Crippen LogP contribution in [0.1, 0.15) is 27.4 Å². The predicted octanol–water partition coefficient (Wildman–Crippen LogP) is 3.38. The largest absolute Gasteiger partial charge is 0.486 e. The van der Waals surface area contributed by atoms with Crippen molar-refractivity contribution in [2.45, 2.75) is 33.9 Å². The Labute approximate surface area is 136 Å². The van der Waals surface area contributed by atoms with Crippen LogP contribution in [0, 0.1) is 20.8 Å². The van der Waals surface area contributed by atoms with Crippen molar-refractivity contribution in [3.8, 4) is 5.75 Å². The van der Waals surface area contributed by atoms with E-state index < -0.39 is 0 Å². The average Bonchev–Trinajstić information content (AvgIpc) is 2.94. The second-order valence-electron chi connectivity index (χ2n) is 5.40. The van der Waals surface area contributed by atoms with Crippen molar-refractivity contribution in [2.75, 3.05) is 20.3 Å². The molecule has 0 fully saturated rings. The van der Waals surface area contributed by atoms with Gasteiger partial charge in [-0.1, -0.05) is 6.07 Å². The first-order valence-electron chi connectivity index (χ1n) is 7.43. The fraction of sp³-hybridized carbons (Fsp3) is 0.471. The Balaban J connectivity index is 1.88. The van der Waals surface area contributed by atoms with Crippen LogP contribution in [0.25, 0.3) is 0 Å². The van der Waals surface area contributed by atoms with Gasteiger partial charge in [0, 0.05) is 25.6 Å². The van der Waals surface area contributed by atoms with E-state index in [1.807, 2.05) is 0 Å². The lowest BCUT2D eigenvalue weighted by Crippen LogP contribution is -2.18. The van der Waals surface area contributed by atoms with E-state index in [1.54, 1.807) is 18.4 Å². The maximum atomic E-state index is 5.95. The summed E-state index contributed by atoms with van der Waals surface area (Å²) in [5, 5.41) is 6.37. The zero-order valence-corrected chi connectivity index (χ0v) is 14.5. The highest BCUT2D eigenvalue weighted by atomic mass is 32.1. The van der Waals surface area contributed by atoms with Crippen LogP contribution in [0.5, 0.6) is 5.75 Å². The summed E-state index contributed by atoms with van der Waals surface area (Å²) in [5.41, 5.74) is 4.73. The molecule has 5 heteroatoms. The number of rotatable bonds is 8. The molecule has 0 unspecified atom stereocenters. The number of ether oxygens (including phenoxy) is 2. The van der Waals surface area contributed by atoms with E-state index in [-0.39, 0.29) is 0 Å². The zero-order chi connectivity index (χ0) is 15.9. The standard InChI is InChI=1S/C17H24N2O2S/c1-12-7-13(2)14(3)16(8-12)21-10-17-19-15(11-22-17)9-18-5-6-20-4/h7-8,11,18H,5-6,9-10H2,1-4H3. The molecule has 1 aromatic carbocycles. The molecule has 22 heavy (non-hydrogen) atoms. The third-order valence-corrected chi connectivity index (χ3v) is 4.37. The Morgan fingerprint density at radius 1 is 1.23 bits per heavy atom. The molecule has 0 saturated heterocycles. The average molecular weight is 320 g/mol. The van der Waals surface area contributed by atoms with Crippen molar-refractivity contribution < 1.29 is 9.47 Å². The highest BCUT2D eigenvalue weighted by Gasteiger charge is 2.07. The lowest BCUT2D eigenvalue weighted by atomic mass is 10.1. The van der Waals surface area contributed by atoms with Gasteiger partial charge in [-0.25, -0.2) is 4.98 Å². The van der Waals surface area contributed by atoms with Crippen LogP contribution in [-0.2, 0) is 17.9 Å². The summed E-state index contributed by atoms with van der Waals surface area (Å²) >= 11 is 1.64. The molecular formula is C17H24N2O2S. The first-order valence-corrected chi connectivity index (χ1v) is 8.31. The van der Waals surface area contributed by atoms with Gasteiger partial charge in [0.1, 0.15) is 17.4 Å². The number of thiazole rings is 1. The van der Waals surface area contributed by atoms with Gasteiger partial charge in [-0.15, -0.1) is 11.3 Å². The molecule has 120 valence electrons. The SMILES string of the molecule is COCCNCc1csc(COc2cc(C)cc(C)c2C)n1. The number of methoxy groups -OCH3 is 1. The number of hydrogen-bond donors (Lipinski definition) is 1. The molecule has 0 amide bonds. The summed E-state index contributed by atoms with van der Waals surface area (Å²) in [5.74, 6) is 0.951. The minimum absolute atomic E-state index is 0.520. The van der Waals surface area contributed by atoms with Crippen molar-refractivity contribution in [1.82, 2.24) is 10.3 Å². The van der Waals surface area contributed by atoms with Crippen LogP contribution < -0.4 is 10.1 Å². The van der Waals surface area contributed by atoms with Crippen LogP contribution in [0.4, 0.5) is 0 Å². The Hall–Kier alpha value is -1.43. The quantitative estimate of drug-likeness (QED) is 0.757. The summed E-state index contributed by atoms with van der Waals surface area (Å²) in [4.78, 5) is 4.59. The maximum absolute atomic E-state index is 5.95. The molecule has 0 radical (unpaired) electrons. The molecule has 0 bridgehead atoms. The van der Waals surface area contributed by atoms with Gasteiger partial charge in [-0.05, 0) is 43.5 Å². The van der Waals surface area contributed by atoms with Gasteiger partial charge in [0.15, 0.2) is 0 Å². The Bertz CT molecular complexity index is 611. The summed E-state index contributed by atoms with van der Waals surface area (Å²) in [7, 11) is 1.70. The van der Waals surface area contributed by atoms with Crippen molar-refractivity contribution in [3.05, 3.63) is 44.9 Å². The van der Waals surface area contributed by atoms with Crippen LogP contribution in [0.3, 0.4) is 0 Å². The molecule has 4 nitrogen and oxygen atoms in total. The molecule has 0 atom stereocenters. The Morgan fingerprint density at radius 2 is 2.05 bits per heavy atom. The van der Waals surface area contributed by atoms with Gasteiger partial charge in [0.05, 0.1) is 12.3 Å². The second-order valence-corrected chi connectivity index (χ2v) is 6.34. The number of aromatic nitrogens is 1. The summed E-state index contributed by atoms with van der Waals surface area (Å²) < 4.78 is 11.0. The molecule has 0 spiro atoms. The zero-order valence-electron chi connectivity index (χ0n) is 13.7. The van der Waals surface area contributed by atoms with Crippen molar-refractivity contribution in [3.63, 3.8) is 0 Å². The lowest BCUT2D eigenvalue weighted by Gasteiger charge is -2.11. The molecule has 0 aliphatic heterocycles. The van der Waals surface area contributed by atoms with Gasteiger partial charge < -0.3 is 14.8 Å². The van der Waals surface area contributed by atoms with Gasteiger partial charge in [0.25, 0.3) is 0 Å². The van der Waals surface area contributed by atoms with E-state index in [9.17, 15) is 0 Å². The monoisotopic (exact) mass is 320 g/mol. The second kappa shape index (κ2) is 8.27. The lowest BCUT2D eigenvalue weighted by molar-refractivity contribution is 0.199. The fourth-order valence-corrected chi connectivity index (χ4v) is 2.88. The van der Waals surface area contributed by atoms with Gasteiger partial charge in [-0.3, -0.25) is 0 Å². The fourth-order valence-electron chi connectivity index (χ4n) is 2.18. The van der Waals surface area contributed by atoms with Crippen LogP contribution in [0.2, 0.25) is 0 Å².